The Morgan fingerprint density at radius 2 is 1.13 bits per heavy atom. The zero-order valence-corrected chi connectivity index (χ0v) is 18.2. The summed E-state index contributed by atoms with van der Waals surface area (Å²) in [6.45, 7) is 4.52. The molecule has 4 atom stereocenters. The number of carbonyl (C=O) groups is 2. The maximum atomic E-state index is 12.7. The summed E-state index contributed by atoms with van der Waals surface area (Å²) in [5.41, 5.74) is 1.38. The van der Waals surface area contributed by atoms with E-state index in [4.69, 9.17) is 0 Å². The number of nitrogens with one attached hydrogen (secondary N) is 2. The Kier molecular flexibility index (Phi) is 6.40. The number of benzene rings is 2. The van der Waals surface area contributed by atoms with Crippen molar-refractivity contribution >= 4 is 22.6 Å². The van der Waals surface area contributed by atoms with Crippen molar-refractivity contribution in [3.63, 3.8) is 0 Å². The fourth-order valence-electron chi connectivity index (χ4n) is 5.20. The van der Waals surface area contributed by atoms with Crippen molar-refractivity contribution in [3.05, 3.63) is 47.5 Å². The molecular formula is C26H34N2O2. The summed E-state index contributed by atoms with van der Waals surface area (Å²) in [6, 6.07) is 12.1. The van der Waals surface area contributed by atoms with E-state index in [0.29, 0.717) is 23.0 Å². The van der Waals surface area contributed by atoms with Crippen LogP contribution in [0.5, 0.6) is 0 Å². The molecule has 2 aromatic carbocycles. The van der Waals surface area contributed by atoms with Gasteiger partial charge >= 0.3 is 0 Å². The smallest absolute Gasteiger partial charge is 0.251 e. The molecule has 0 heterocycles. The molecule has 30 heavy (non-hydrogen) atoms. The third kappa shape index (κ3) is 5.03. The van der Waals surface area contributed by atoms with Crippen LogP contribution in [0.4, 0.5) is 0 Å². The highest BCUT2D eigenvalue weighted by Crippen LogP contribution is 2.25. The van der Waals surface area contributed by atoms with Gasteiger partial charge in [0.1, 0.15) is 0 Å². The average molecular weight is 407 g/mol. The summed E-state index contributed by atoms with van der Waals surface area (Å²) in [4.78, 5) is 25.4. The number of amides is 2. The van der Waals surface area contributed by atoms with Crippen LogP contribution in [0.15, 0.2) is 36.4 Å². The van der Waals surface area contributed by atoms with Crippen LogP contribution in [0, 0.1) is 11.8 Å². The van der Waals surface area contributed by atoms with Crippen LogP contribution < -0.4 is 10.6 Å². The minimum absolute atomic E-state index is 0.00392. The molecule has 0 spiro atoms. The van der Waals surface area contributed by atoms with Gasteiger partial charge < -0.3 is 10.6 Å². The molecule has 4 unspecified atom stereocenters. The first-order valence-corrected chi connectivity index (χ1v) is 11.6. The van der Waals surface area contributed by atoms with Gasteiger partial charge in [0, 0.05) is 23.2 Å². The summed E-state index contributed by atoms with van der Waals surface area (Å²) >= 11 is 0. The third-order valence-corrected chi connectivity index (χ3v) is 6.91. The molecule has 2 fully saturated rings. The minimum Gasteiger partial charge on any atom is -0.349 e. The SMILES string of the molecule is CC1CCCC(NC(=O)c2ccc3cc(C(=O)NC4CCCC(C)C4)ccc3c2)C1. The molecule has 4 nitrogen and oxygen atoms in total. The first kappa shape index (κ1) is 20.9. The lowest BCUT2D eigenvalue weighted by Gasteiger charge is -2.27. The van der Waals surface area contributed by atoms with Crippen molar-refractivity contribution in [3.8, 4) is 0 Å². The fraction of sp³-hybridized carbons (Fsp3) is 0.538. The first-order valence-electron chi connectivity index (χ1n) is 11.6. The molecule has 2 N–H and O–H groups in total. The Morgan fingerprint density at radius 3 is 1.53 bits per heavy atom. The van der Waals surface area contributed by atoms with E-state index < -0.39 is 0 Å². The number of carbonyl (C=O) groups excluding carboxylic acids is 2. The lowest BCUT2D eigenvalue weighted by Crippen LogP contribution is -2.38. The second-order valence-electron chi connectivity index (χ2n) is 9.66. The standard InChI is InChI=1S/C26H34N2O2/c1-17-5-3-7-23(13-17)27-25(29)21-11-9-20-16-22(12-10-19(20)15-21)26(30)28-24-8-4-6-18(2)14-24/h9-12,15-18,23-24H,3-8,13-14H2,1-2H3,(H,27,29)(H,28,30). The van der Waals surface area contributed by atoms with Gasteiger partial charge in [-0.15, -0.1) is 0 Å². The predicted octanol–water partition coefficient (Wildman–Crippen LogP) is 5.46. The van der Waals surface area contributed by atoms with Crippen molar-refractivity contribution in [1.29, 1.82) is 0 Å². The molecule has 2 aromatic rings. The van der Waals surface area contributed by atoms with Crippen LogP contribution in [0.25, 0.3) is 10.8 Å². The van der Waals surface area contributed by atoms with Gasteiger partial charge in [-0.2, -0.15) is 0 Å². The normalized spacial score (nSPS) is 26.9. The number of fused-ring (bicyclic) bond motifs is 1. The van der Waals surface area contributed by atoms with Gasteiger partial charge in [-0.1, -0.05) is 51.7 Å². The summed E-state index contributed by atoms with van der Waals surface area (Å²) in [5.74, 6) is 1.37. The van der Waals surface area contributed by atoms with E-state index in [2.05, 4.69) is 24.5 Å². The second kappa shape index (κ2) is 9.20. The van der Waals surface area contributed by atoms with Gasteiger partial charge in [0.2, 0.25) is 0 Å². The van der Waals surface area contributed by atoms with Gasteiger partial charge in [0.25, 0.3) is 11.8 Å². The van der Waals surface area contributed by atoms with E-state index in [1.807, 2.05) is 36.4 Å². The molecule has 0 aliphatic heterocycles. The highest BCUT2D eigenvalue weighted by atomic mass is 16.2. The molecule has 2 saturated carbocycles. The molecule has 0 saturated heterocycles. The van der Waals surface area contributed by atoms with Gasteiger partial charge in [-0.25, -0.2) is 0 Å². The summed E-state index contributed by atoms with van der Waals surface area (Å²) < 4.78 is 0. The molecule has 0 aromatic heterocycles. The van der Waals surface area contributed by atoms with Crippen LogP contribution in [-0.4, -0.2) is 23.9 Å². The molecule has 2 aliphatic rings. The molecule has 0 bridgehead atoms. The summed E-state index contributed by atoms with van der Waals surface area (Å²) in [5, 5.41) is 8.39. The molecule has 0 radical (unpaired) electrons. The maximum absolute atomic E-state index is 12.7. The number of hydrogen-bond acceptors (Lipinski definition) is 2. The minimum atomic E-state index is 0.00392. The number of rotatable bonds is 4. The van der Waals surface area contributed by atoms with E-state index in [1.54, 1.807) is 0 Å². The van der Waals surface area contributed by atoms with Crippen LogP contribution in [-0.2, 0) is 0 Å². The highest BCUT2D eigenvalue weighted by Gasteiger charge is 2.22. The molecule has 2 amide bonds. The average Bonchev–Trinajstić information content (AvgIpc) is 2.73. The van der Waals surface area contributed by atoms with Crippen molar-refractivity contribution in [2.75, 3.05) is 0 Å². The zero-order chi connectivity index (χ0) is 21.1. The quantitative estimate of drug-likeness (QED) is 0.709. The molecule has 160 valence electrons. The zero-order valence-electron chi connectivity index (χ0n) is 18.2. The van der Waals surface area contributed by atoms with Crippen LogP contribution in [0.1, 0.15) is 85.9 Å². The Bertz CT molecular complexity index is 847. The van der Waals surface area contributed by atoms with Gasteiger partial charge in [-0.05, 0) is 72.6 Å². The van der Waals surface area contributed by atoms with Crippen molar-refractivity contribution in [2.45, 2.75) is 77.3 Å². The van der Waals surface area contributed by atoms with Crippen molar-refractivity contribution < 1.29 is 9.59 Å². The van der Waals surface area contributed by atoms with Crippen LogP contribution in [0.2, 0.25) is 0 Å². The largest absolute Gasteiger partial charge is 0.349 e. The van der Waals surface area contributed by atoms with Crippen molar-refractivity contribution in [1.82, 2.24) is 10.6 Å². The summed E-state index contributed by atoms with van der Waals surface area (Å²) in [6.07, 6.45) is 9.18. The monoisotopic (exact) mass is 406 g/mol. The topological polar surface area (TPSA) is 58.2 Å². The molecule has 4 heteroatoms. The second-order valence-corrected chi connectivity index (χ2v) is 9.66. The predicted molar refractivity (Wildman–Crippen MR) is 122 cm³/mol. The Balaban J connectivity index is 1.43. The van der Waals surface area contributed by atoms with E-state index >= 15 is 0 Å². The summed E-state index contributed by atoms with van der Waals surface area (Å²) in [7, 11) is 0. The molecule has 4 rings (SSSR count). The van der Waals surface area contributed by atoms with Gasteiger partial charge in [0.05, 0.1) is 0 Å². The molecular weight excluding hydrogens is 372 g/mol. The third-order valence-electron chi connectivity index (χ3n) is 6.91. The maximum Gasteiger partial charge on any atom is 0.251 e. The van der Waals surface area contributed by atoms with E-state index in [-0.39, 0.29) is 23.9 Å². The Hall–Kier alpha value is -2.36. The van der Waals surface area contributed by atoms with Crippen LogP contribution in [0.3, 0.4) is 0 Å². The first-order chi connectivity index (χ1) is 14.5. The Labute approximate surface area is 179 Å². The highest BCUT2D eigenvalue weighted by molar-refractivity contribution is 6.02. The van der Waals surface area contributed by atoms with Gasteiger partial charge in [0.15, 0.2) is 0 Å². The van der Waals surface area contributed by atoms with E-state index in [0.717, 1.165) is 36.5 Å². The Morgan fingerprint density at radius 1 is 0.700 bits per heavy atom. The lowest BCUT2D eigenvalue weighted by molar-refractivity contribution is 0.0912. The fourth-order valence-corrected chi connectivity index (χ4v) is 5.20. The van der Waals surface area contributed by atoms with E-state index in [1.165, 1.54) is 25.7 Å². The van der Waals surface area contributed by atoms with Crippen molar-refractivity contribution in [2.24, 2.45) is 11.8 Å². The lowest BCUT2D eigenvalue weighted by atomic mass is 9.87. The number of hydrogen-bond donors (Lipinski definition) is 2. The van der Waals surface area contributed by atoms with Gasteiger partial charge in [-0.3, -0.25) is 9.59 Å². The van der Waals surface area contributed by atoms with E-state index in [9.17, 15) is 9.59 Å². The molecule has 2 aliphatic carbocycles. The van der Waals surface area contributed by atoms with Crippen LogP contribution >= 0.6 is 0 Å².